The SMILES string of the molecule is CCN1CCN(c2cccc3c2CN([C@H](CCCN(CC)c2cccs2)c2ccc(OC)c(OC)c2)C3=O)CC1. The van der Waals surface area contributed by atoms with Crippen LogP contribution in [-0.4, -0.2) is 75.7 Å². The maximum atomic E-state index is 14.0. The van der Waals surface area contributed by atoms with Crippen LogP contribution in [0.3, 0.4) is 0 Å². The van der Waals surface area contributed by atoms with E-state index >= 15 is 0 Å². The highest BCUT2D eigenvalue weighted by Crippen LogP contribution is 2.40. The molecule has 0 spiro atoms. The Morgan fingerprint density at radius 1 is 0.975 bits per heavy atom. The summed E-state index contributed by atoms with van der Waals surface area (Å²) < 4.78 is 11.2. The van der Waals surface area contributed by atoms with E-state index in [1.165, 1.54) is 10.7 Å². The van der Waals surface area contributed by atoms with E-state index in [1.807, 2.05) is 24.3 Å². The normalized spacial score (nSPS) is 16.2. The maximum Gasteiger partial charge on any atom is 0.255 e. The number of fused-ring (bicyclic) bond motifs is 1. The molecule has 3 aromatic rings. The fourth-order valence-corrected chi connectivity index (χ4v) is 6.93. The Kier molecular flexibility index (Phi) is 9.17. The van der Waals surface area contributed by atoms with Gasteiger partial charge in [0.2, 0.25) is 0 Å². The lowest BCUT2D eigenvalue weighted by Crippen LogP contribution is -2.46. The second-order valence-corrected chi connectivity index (χ2v) is 11.4. The van der Waals surface area contributed by atoms with Gasteiger partial charge in [-0.25, -0.2) is 0 Å². The molecule has 2 aromatic carbocycles. The van der Waals surface area contributed by atoms with Crippen molar-refractivity contribution in [3.63, 3.8) is 0 Å². The van der Waals surface area contributed by atoms with Crippen LogP contribution in [0.5, 0.6) is 11.5 Å². The van der Waals surface area contributed by atoms with Gasteiger partial charge in [-0.3, -0.25) is 4.79 Å². The summed E-state index contributed by atoms with van der Waals surface area (Å²) in [5.41, 5.74) is 4.30. The molecule has 0 bridgehead atoms. The summed E-state index contributed by atoms with van der Waals surface area (Å²) in [4.78, 5) is 23.5. The molecule has 8 heteroatoms. The van der Waals surface area contributed by atoms with Gasteiger partial charge in [0.1, 0.15) is 0 Å². The Labute approximate surface area is 242 Å². The molecular weight excluding hydrogens is 520 g/mol. The zero-order valence-electron chi connectivity index (χ0n) is 24.3. The quantitative estimate of drug-likeness (QED) is 0.274. The summed E-state index contributed by atoms with van der Waals surface area (Å²) in [5, 5.41) is 3.42. The number of carbonyl (C=O) groups is 1. The first-order valence-electron chi connectivity index (χ1n) is 14.5. The number of carbonyl (C=O) groups excluding carboxylic acids is 1. The number of rotatable bonds is 12. The summed E-state index contributed by atoms with van der Waals surface area (Å²) in [6.45, 7) is 12.2. The molecule has 40 heavy (non-hydrogen) atoms. The first-order chi connectivity index (χ1) is 19.6. The van der Waals surface area contributed by atoms with Gasteiger partial charge in [0.25, 0.3) is 5.91 Å². The number of amides is 1. The highest BCUT2D eigenvalue weighted by molar-refractivity contribution is 7.14. The molecule has 0 saturated carbocycles. The zero-order valence-corrected chi connectivity index (χ0v) is 25.1. The molecule has 1 aromatic heterocycles. The van der Waals surface area contributed by atoms with Crippen LogP contribution < -0.4 is 19.3 Å². The second kappa shape index (κ2) is 13.0. The van der Waals surface area contributed by atoms with Crippen molar-refractivity contribution >= 4 is 27.9 Å². The van der Waals surface area contributed by atoms with Crippen molar-refractivity contribution < 1.29 is 14.3 Å². The molecule has 1 saturated heterocycles. The number of piperazine rings is 1. The summed E-state index contributed by atoms with van der Waals surface area (Å²) >= 11 is 1.78. The van der Waals surface area contributed by atoms with Crippen LogP contribution in [0.25, 0.3) is 0 Å². The number of nitrogens with zero attached hydrogens (tertiary/aromatic N) is 4. The monoisotopic (exact) mass is 562 g/mol. The van der Waals surface area contributed by atoms with E-state index in [9.17, 15) is 4.79 Å². The van der Waals surface area contributed by atoms with Gasteiger partial charge in [-0.2, -0.15) is 0 Å². The Morgan fingerprint density at radius 2 is 1.77 bits per heavy atom. The number of hydrogen-bond donors (Lipinski definition) is 0. The standard InChI is InChI=1S/C32H42N4O3S/c1-5-33-17-19-35(20-18-33)28-11-7-10-25-26(28)23-36(32(25)37)27(24-14-15-29(38-3)30(22-24)39-4)12-8-16-34(6-2)31-13-9-21-40-31/h7,9-11,13-15,21-22,27H,5-6,8,12,16-20,23H2,1-4H3/t27-/m1/s1. The lowest BCUT2D eigenvalue weighted by molar-refractivity contribution is 0.0689. The molecule has 3 heterocycles. The van der Waals surface area contributed by atoms with E-state index in [0.717, 1.165) is 75.3 Å². The average Bonchev–Trinajstić information content (AvgIpc) is 3.65. The molecule has 7 nitrogen and oxygen atoms in total. The fraction of sp³-hybridized carbons (Fsp3) is 0.469. The van der Waals surface area contributed by atoms with Crippen LogP contribution in [-0.2, 0) is 6.54 Å². The van der Waals surface area contributed by atoms with Crippen molar-refractivity contribution in [1.82, 2.24) is 9.80 Å². The molecule has 1 fully saturated rings. The van der Waals surface area contributed by atoms with Gasteiger partial charge in [-0.15, -0.1) is 11.3 Å². The molecule has 0 unspecified atom stereocenters. The van der Waals surface area contributed by atoms with Crippen molar-refractivity contribution in [2.75, 3.05) is 69.8 Å². The number of anilines is 2. The van der Waals surface area contributed by atoms with E-state index in [4.69, 9.17) is 9.47 Å². The Hall–Kier alpha value is -3.23. The molecule has 2 aliphatic heterocycles. The zero-order chi connectivity index (χ0) is 28.1. The maximum absolute atomic E-state index is 14.0. The van der Waals surface area contributed by atoms with E-state index in [0.29, 0.717) is 18.0 Å². The Balaban J connectivity index is 1.41. The minimum atomic E-state index is -0.0634. The third-order valence-corrected chi connectivity index (χ3v) is 9.33. The van der Waals surface area contributed by atoms with Crippen molar-refractivity contribution in [2.45, 2.75) is 39.3 Å². The third-order valence-electron chi connectivity index (χ3n) is 8.40. The second-order valence-electron chi connectivity index (χ2n) is 10.5. The first-order valence-corrected chi connectivity index (χ1v) is 15.4. The fourth-order valence-electron chi connectivity index (χ4n) is 6.10. The predicted molar refractivity (Wildman–Crippen MR) is 164 cm³/mol. The highest BCUT2D eigenvalue weighted by Gasteiger charge is 2.36. The molecule has 214 valence electrons. The summed E-state index contributed by atoms with van der Waals surface area (Å²) in [6.07, 6.45) is 1.83. The van der Waals surface area contributed by atoms with Crippen LogP contribution in [0.4, 0.5) is 10.7 Å². The van der Waals surface area contributed by atoms with E-state index in [2.05, 4.69) is 63.1 Å². The van der Waals surface area contributed by atoms with Crippen LogP contribution in [0.2, 0.25) is 0 Å². The van der Waals surface area contributed by atoms with Gasteiger partial charge in [0, 0.05) is 62.6 Å². The highest BCUT2D eigenvalue weighted by atomic mass is 32.1. The lowest BCUT2D eigenvalue weighted by Gasteiger charge is -2.36. The number of benzene rings is 2. The number of likely N-dealkylation sites (N-methyl/N-ethyl adjacent to an activating group) is 1. The summed E-state index contributed by atoms with van der Waals surface area (Å²) in [6, 6.07) is 16.6. The smallest absolute Gasteiger partial charge is 0.255 e. The average molecular weight is 563 g/mol. The van der Waals surface area contributed by atoms with Crippen LogP contribution in [0.15, 0.2) is 53.9 Å². The largest absolute Gasteiger partial charge is 0.493 e. The molecule has 5 rings (SSSR count). The molecule has 0 aliphatic carbocycles. The Morgan fingerprint density at radius 3 is 2.45 bits per heavy atom. The van der Waals surface area contributed by atoms with Gasteiger partial charge in [-0.05, 0) is 73.7 Å². The predicted octanol–water partition coefficient (Wildman–Crippen LogP) is 5.91. The molecule has 1 atom stereocenters. The van der Waals surface area contributed by atoms with Gasteiger partial charge < -0.3 is 29.1 Å². The first kappa shape index (κ1) is 28.3. The number of ether oxygens (including phenoxy) is 2. The van der Waals surface area contributed by atoms with Crippen molar-refractivity contribution in [2.24, 2.45) is 0 Å². The topological polar surface area (TPSA) is 48.5 Å². The molecule has 2 aliphatic rings. The number of thiophene rings is 1. The van der Waals surface area contributed by atoms with Crippen LogP contribution in [0, 0.1) is 0 Å². The van der Waals surface area contributed by atoms with Crippen LogP contribution >= 0.6 is 11.3 Å². The van der Waals surface area contributed by atoms with Crippen molar-refractivity contribution in [3.05, 3.63) is 70.6 Å². The molecule has 0 N–H and O–H groups in total. The van der Waals surface area contributed by atoms with Gasteiger partial charge in [-0.1, -0.05) is 19.1 Å². The van der Waals surface area contributed by atoms with E-state index in [-0.39, 0.29) is 11.9 Å². The number of methoxy groups -OCH3 is 2. The summed E-state index contributed by atoms with van der Waals surface area (Å²) in [7, 11) is 3.32. The molecule has 0 radical (unpaired) electrons. The minimum Gasteiger partial charge on any atom is -0.493 e. The van der Waals surface area contributed by atoms with Gasteiger partial charge >= 0.3 is 0 Å². The van der Waals surface area contributed by atoms with Crippen LogP contribution in [0.1, 0.15) is 54.2 Å². The van der Waals surface area contributed by atoms with Gasteiger partial charge in [0.05, 0.1) is 25.3 Å². The van der Waals surface area contributed by atoms with E-state index in [1.54, 1.807) is 25.6 Å². The summed E-state index contributed by atoms with van der Waals surface area (Å²) in [5.74, 6) is 1.51. The molecular formula is C32H42N4O3S. The van der Waals surface area contributed by atoms with E-state index < -0.39 is 0 Å². The lowest BCUT2D eigenvalue weighted by atomic mass is 9.99. The van der Waals surface area contributed by atoms with Crippen molar-refractivity contribution in [1.29, 1.82) is 0 Å². The molecule has 1 amide bonds. The van der Waals surface area contributed by atoms with Gasteiger partial charge in [0.15, 0.2) is 11.5 Å². The third kappa shape index (κ3) is 5.79. The minimum absolute atomic E-state index is 0.0634. The Bertz CT molecular complexity index is 1270. The van der Waals surface area contributed by atoms with Crippen molar-refractivity contribution in [3.8, 4) is 11.5 Å². The number of hydrogen-bond acceptors (Lipinski definition) is 7.